The van der Waals surface area contributed by atoms with E-state index >= 15 is 0 Å². The van der Waals surface area contributed by atoms with Crippen LogP contribution in [0, 0.1) is 5.82 Å². The van der Waals surface area contributed by atoms with E-state index in [4.69, 9.17) is 5.11 Å². The predicted octanol–water partition coefficient (Wildman–Crippen LogP) is 1.99. The molecule has 2 N–H and O–H groups in total. The number of carbonyl (C=O) groups excluding carboxylic acids is 1. The number of carboxylic acid groups (broad SMARTS) is 1. The second kappa shape index (κ2) is 7.31. The van der Waals surface area contributed by atoms with Gasteiger partial charge in [0.2, 0.25) is 5.91 Å². The number of rotatable bonds is 6. The lowest BCUT2D eigenvalue weighted by Crippen LogP contribution is -2.20. The molecule has 5 heteroatoms. The van der Waals surface area contributed by atoms with E-state index < -0.39 is 11.8 Å². The number of benzene rings is 1. The normalized spacial score (nSPS) is 10.6. The van der Waals surface area contributed by atoms with Gasteiger partial charge in [-0.25, -0.2) is 4.39 Å². The zero-order valence-corrected chi connectivity index (χ0v) is 10.6. The van der Waals surface area contributed by atoms with Gasteiger partial charge in [-0.15, -0.1) is 0 Å². The minimum Gasteiger partial charge on any atom is -0.481 e. The SMILES string of the molecule is CC(=O)NCCC=Cc1cc(F)ccc1CC(=O)O. The van der Waals surface area contributed by atoms with E-state index in [0.717, 1.165) is 0 Å². The van der Waals surface area contributed by atoms with Crippen molar-refractivity contribution in [3.8, 4) is 0 Å². The van der Waals surface area contributed by atoms with Crippen LogP contribution in [-0.2, 0) is 16.0 Å². The Kier molecular flexibility index (Phi) is 5.73. The summed E-state index contributed by atoms with van der Waals surface area (Å²) in [7, 11) is 0. The Morgan fingerprint density at radius 3 is 2.79 bits per heavy atom. The summed E-state index contributed by atoms with van der Waals surface area (Å²) in [6.45, 7) is 1.93. The van der Waals surface area contributed by atoms with E-state index in [1.165, 1.54) is 25.1 Å². The molecular formula is C14H16FNO3. The number of aliphatic carboxylic acids is 1. The second-order valence-corrected chi connectivity index (χ2v) is 4.09. The molecule has 1 rings (SSSR count). The van der Waals surface area contributed by atoms with Crippen LogP contribution in [0.1, 0.15) is 24.5 Å². The van der Waals surface area contributed by atoms with Gasteiger partial charge in [-0.05, 0) is 29.7 Å². The first-order chi connectivity index (χ1) is 8.99. The highest BCUT2D eigenvalue weighted by molar-refractivity contribution is 5.73. The zero-order chi connectivity index (χ0) is 14.3. The van der Waals surface area contributed by atoms with Gasteiger partial charge in [0, 0.05) is 13.5 Å². The molecule has 102 valence electrons. The van der Waals surface area contributed by atoms with Crippen molar-refractivity contribution < 1.29 is 19.1 Å². The topological polar surface area (TPSA) is 66.4 Å². The molecule has 0 aliphatic heterocycles. The van der Waals surface area contributed by atoms with Gasteiger partial charge in [0.1, 0.15) is 5.82 Å². The fraction of sp³-hybridized carbons (Fsp3) is 0.286. The average Bonchev–Trinajstić information content (AvgIpc) is 2.31. The molecule has 0 aliphatic carbocycles. The molecule has 19 heavy (non-hydrogen) atoms. The Morgan fingerprint density at radius 2 is 2.16 bits per heavy atom. The molecule has 0 heterocycles. The molecule has 0 aliphatic rings. The van der Waals surface area contributed by atoms with Crippen LogP contribution in [0.25, 0.3) is 6.08 Å². The minimum absolute atomic E-state index is 0.106. The van der Waals surface area contributed by atoms with E-state index in [2.05, 4.69) is 5.32 Å². The summed E-state index contributed by atoms with van der Waals surface area (Å²) in [6.07, 6.45) is 3.90. The molecule has 0 aromatic heterocycles. The molecule has 1 amide bonds. The van der Waals surface area contributed by atoms with Crippen molar-refractivity contribution in [1.29, 1.82) is 0 Å². The van der Waals surface area contributed by atoms with Crippen LogP contribution in [0.5, 0.6) is 0 Å². The third-order valence-corrected chi connectivity index (χ3v) is 2.43. The maximum Gasteiger partial charge on any atom is 0.307 e. The highest BCUT2D eigenvalue weighted by Gasteiger charge is 2.05. The molecule has 0 saturated heterocycles. The lowest BCUT2D eigenvalue weighted by atomic mass is 10.0. The number of halogens is 1. The first-order valence-corrected chi connectivity index (χ1v) is 5.90. The summed E-state index contributed by atoms with van der Waals surface area (Å²) in [5.74, 6) is -1.47. The number of nitrogens with one attached hydrogen (secondary N) is 1. The monoisotopic (exact) mass is 265 g/mol. The van der Waals surface area contributed by atoms with Crippen molar-refractivity contribution >= 4 is 18.0 Å². The van der Waals surface area contributed by atoms with Crippen molar-refractivity contribution in [1.82, 2.24) is 5.32 Å². The molecule has 0 saturated carbocycles. The first kappa shape index (κ1) is 14.9. The van der Waals surface area contributed by atoms with Gasteiger partial charge in [0.25, 0.3) is 0 Å². The molecule has 0 spiro atoms. The lowest BCUT2D eigenvalue weighted by Gasteiger charge is -2.04. The lowest BCUT2D eigenvalue weighted by molar-refractivity contribution is -0.136. The van der Waals surface area contributed by atoms with E-state index in [-0.39, 0.29) is 12.3 Å². The van der Waals surface area contributed by atoms with Crippen LogP contribution in [0.2, 0.25) is 0 Å². The van der Waals surface area contributed by atoms with E-state index in [0.29, 0.717) is 24.1 Å². The molecular weight excluding hydrogens is 249 g/mol. The van der Waals surface area contributed by atoms with Crippen LogP contribution in [0.3, 0.4) is 0 Å². The highest BCUT2D eigenvalue weighted by atomic mass is 19.1. The molecule has 1 aromatic carbocycles. The second-order valence-electron chi connectivity index (χ2n) is 4.09. The van der Waals surface area contributed by atoms with Crippen molar-refractivity contribution in [3.63, 3.8) is 0 Å². The van der Waals surface area contributed by atoms with Crippen LogP contribution in [0.4, 0.5) is 4.39 Å². The molecule has 1 aromatic rings. The van der Waals surface area contributed by atoms with Gasteiger partial charge in [-0.1, -0.05) is 18.2 Å². The van der Waals surface area contributed by atoms with Gasteiger partial charge in [0.15, 0.2) is 0 Å². The van der Waals surface area contributed by atoms with Gasteiger partial charge in [-0.3, -0.25) is 9.59 Å². The molecule has 0 atom stereocenters. The molecule has 0 fully saturated rings. The fourth-order valence-corrected chi connectivity index (χ4v) is 1.59. The van der Waals surface area contributed by atoms with Crippen LogP contribution in [0.15, 0.2) is 24.3 Å². The number of carbonyl (C=O) groups is 2. The third kappa shape index (κ3) is 5.81. The molecule has 4 nitrogen and oxygen atoms in total. The van der Waals surface area contributed by atoms with Gasteiger partial charge >= 0.3 is 5.97 Å². The Morgan fingerprint density at radius 1 is 1.42 bits per heavy atom. The Hall–Kier alpha value is -2.17. The Bertz CT molecular complexity index is 497. The number of amides is 1. The van der Waals surface area contributed by atoms with E-state index in [9.17, 15) is 14.0 Å². The van der Waals surface area contributed by atoms with Crippen LogP contribution >= 0.6 is 0 Å². The largest absolute Gasteiger partial charge is 0.481 e. The molecule has 0 unspecified atom stereocenters. The van der Waals surface area contributed by atoms with Crippen molar-refractivity contribution in [2.24, 2.45) is 0 Å². The van der Waals surface area contributed by atoms with E-state index in [1.54, 1.807) is 12.2 Å². The van der Waals surface area contributed by atoms with Crippen molar-refractivity contribution in [2.45, 2.75) is 19.8 Å². The summed E-state index contributed by atoms with van der Waals surface area (Å²) in [5.41, 5.74) is 1.11. The molecule has 0 radical (unpaired) electrons. The maximum atomic E-state index is 13.1. The smallest absolute Gasteiger partial charge is 0.307 e. The minimum atomic E-state index is -0.959. The number of hydrogen-bond donors (Lipinski definition) is 2. The van der Waals surface area contributed by atoms with Gasteiger partial charge < -0.3 is 10.4 Å². The molecule has 0 bridgehead atoms. The third-order valence-electron chi connectivity index (χ3n) is 2.43. The number of carboxylic acids is 1. The summed E-state index contributed by atoms with van der Waals surface area (Å²) >= 11 is 0. The zero-order valence-electron chi connectivity index (χ0n) is 10.6. The maximum absolute atomic E-state index is 13.1. The van der Waals surface area contributed by atoms with Crippen LogP contribution in [-0.4, -0.2) is 23.5 Å². The Labute approximate surface area is 110 Å². The fourth-order valence-electron chi connectivity index (χ4n) is 1.59. The first-order valence-electron chi connectivity index (χ1n) is 5.90. The van der Waals surface area contributed by atoms with Crippen molar-refractivity contribution in [3.05, 3.63) is 41.2 Å². The van der Waals surface area contributed by atoms with Crippen molar-refractivity contribution in [2.75, 3.05) is 6.54 Å². The van der Waals surface area contributed by atoms with Gasteiger partial charge in [0.05, 0.1) is 6.42 Å². The average molecular weight is 265 g/mol. The number of hydrogen-bond acceptors (Lipinski definition) is 2. The summed E-state index contributed by atoms with van der Waals surface area (Å²) in [6, 6.07) is 4.01. The summed E-state index contributed by atoms with van der Waals surface area (Å²) < 4.78 is 13.1. The quantitative estimate of drug-likeness (QED) is 0.773. The highest BCUT2D eigenvalue weighted by Crippen LogP contribution is 2.14. The van der Waals surface area contributed by atoms with Crippen LogP contribution < -0.4 is 5.32 Å². The standard InChI is InChI=1S/C14H16FNO3/c1-10(17)16-7-3-2-4-11-8-13(15)6-5-12(11)9-14(18)19/h2,4-6,8H,3,7,9H2,1H3,(H,16,17)(H,18,19). The summed E-state index contributed by atoms with van der Waals surface area (Å²) in [4.78, 5) is 21.3. The van der Waals surface area contributed by atoms with E-state index in [1.807, 2.05) is 0 Å². The Balaban J connectivity index is 2.69. The predicted molar refractivity (Wildman–Crippen MR) is 70.1 cm³/mol. The van der Waals surface area contributed by atoms with Gasteiger partial charge in [-0.2, -0.15) is 0 Å². The summed E-state index contributed by atoms with van der Waals surface area (Å²) in [5, 5.41) is 11.4.